The van der Waals surface area contributed by atoms with E-state index in [1.54, 1.807) is 0 Å². The van der Waals surface area contributed by atoms with Crippen LogP contribution >= 0.6 is 23.2 Å². The topological polar surface area (TPSA) is 24.4 Å². The standard InChI is InChI=1S/C10H5Cl2F7N2/c11-6-2-1-5(3-7(6)12)4-20-21-10(18,19)8(13,14)9(15,16)17/h1-4,21H/b20-4+. The predicted molar refractivity (Wildman–Crippen MR) is 63.1 cm³/mol. The van der Waals surface area contributed by atoms with Crippen LogP contribution in [0, 0.1) is 0 Å². The summed E-state index contributed by atoms with van der Waals surface area (Å²) in [5.41, 5.74) is 0.537. The van der Waals surface area contributed by atoms with Gasteiger partial charge in [-0.05, 0) is 17.7 Å². The lowest BCUT2D eigenvalue weighted by molar-refractivity contribution is -0.361. The Kier molecular flexibility index (Phi) is 4.99. The van der Waals surface area contributed by atoms with Crippen LogP contribution in [0.5, 0.6) is 0 Å². The lowest BCUT2D eigenvalue weighted by atomic mass is 10.2. The normalized spacial score (nSPS) is 13.8. The molecule has 0 aliphatic rings. The van der Waals surface area contributed by atoms with E-state index in [-0.39, 0.29) is 15.6 Å². The third-order valence-electron chi connectivity index (χ3n) is 2.11. The van der Waals surface area contributed by atoms with Crippen LogP contribution in [0.15, 0.2) is 23.3 Å². The molecule has 1 N–H and O–H groups in total. The number of benzene rings is 1. The van der Waals surface area contributed by atoms with E-state index in [9.17, 15) is 30.7 Å². The van der Waals surface area contributed by atoms with Gasteiger partial charge in [-0.3, -0.25) is 0 Å². The first-order chi connectivity index (χ1) is 9.38. The molecule has 1 rings (SSSR count). The van der Waals surface area contributed by atoms with Crippen LogP contribution in [-0.2, 0) is 0 Å². The Morgan fingerprint density at radius 3 is 2.00 bits per heavy atom. The summed E-state index contributed by atoms with van der Waals surface area (Å²) < 4.78 is 86.1. The molecule has 0 saturated carbocycles. The fourth-order valence-electron chi connectivity index (χ4n) is 1.03. The van der Waals surface area contributed by atoms with Gasteiger partial charge in [-0.15, -0.1) is 0 Å². The van der Waals surface area contributed by atoms with Crippen LogP contribution in [0.2, 0.25) is 10.0 Å². The SMILES string of the molecule is FC(F)(F)C(F)(F)C(F)(F)N/N=C/c1ccc(Cl)c(Cl)c1. The number of rotatable bonds is 4. The lowest BCUT2D eigenvalue weighted by Gasteiger charge is -2.27. The van der Waals surface area contributed by atoms with Gasteiger partial charge >= 0.3 is 18.1 Å². The molecule has 118 valence electrons. The van der Waals surface area contributed by atoms with Crippen LogP contribution in [0.1, 0.15) is 5.56 Å². The highest BCUT2D eigenvalue weighted by molar-refractivity contribution is 6.42. The highest BCUT2D eigenvalue weighted by Crippen LogP contribution is 2.44. The Hall–Kier alpha value is -1.22. The van der Waals surface area contributed by atoms with Gasteiger partial charge in [-0.25, -0.2) is 5.43 Å². The summed E-state index contributed by atoms with van der Waals surface area (Å²) in [5, 5.41) is 2.81. The number of nitrogens with one attached hydrogen (secondary N) is 1. The molecule has 0 unspecified atom stereocenters. The van der Waals surface area contributed by atoms with Gasteiger partial charge < -0.3 is 0 Å². The minimum absolute atomic E-state index is 0.0213. The van der Waals surface area contributed by atoms with Crippen molar-refractivity contribution in [1.29, 1.82) is 0 Å². The highest BCUT2D eigenvalue weighted by atomic mass is 35.5. The van der Waals surface area contributed by atoms with E-state index in [0.717, 1.165) is 6.07 Å². The fraction of sp³-hybridized carbons (Fsp3) is 0.300. The molecule has 21 heavy (non-hydrogen) atoms. The van der Waals surface area contributed by atoms with Crippen molar-refractivity contribution in [3.05, 3.63) is 33.8 Å². The zero-order valence-electron chi connectivity index (χ0n) is 9.66. The summed E-state index contributed by atoms with van der Waals surface area (Å²) in [5.74, 6) is -6.28. The van der Waals surface area contributed by atoms with Gasteiger partial charge in [0.25, 0.3) is 0 Å². The molecule has 0 aromatic heterocycles. The Balaban J connectivity index is 2.86. The maximum atomic E-state index is 12.8. The van der Waals surface area contributed by atoms with Crippen LogP contribution in [0.4, 0.5) is 30.7 Å². The molecule has 0 atom stereocenters. The predicted octanol–water partition coefficient (Wildman–Crippen LogP) is 4.71. The Morgan fingerprint density at radius 1 is 0.952 bits per heavy atom. The van der Waals surface area contributed by atoms with Crippen molar-refractivity contribution in [3.63, 3.8) is 0 Å². The Morgan fingerprint density at radius 2 is 1.52 bits per heavy atom. The van der Waals surface area contributed by atoms with Crippen molar-refractivity contribution < 1.29 is 30.7 Å². The van der Waals surface area contributed by atoms with Gasteiger partial charge in [0, 0.05) is 0 Å². The quantitative estimate of drug-likeness (QED) is 0.359. The summed E-state index contributed by atoms with van der Waals surface area (Å²) in [4.78, 5) is 0. The van der Waals surface area contributed by atoms with Crippen molar-refractivity contribution in [2.75, 3.05) is 0 Å². The van der Waals surface area contributed by atoms with Gasteiger partial charge in [0.05, 0.1) is 16.3 Å². The monoisotopic (exact) mass is 356 g/mol. The van der Waals surface area contributed by atoms with Gasteiger partial charge in [0.2, 0.25) is 0 Å². The summed E-state index contributed by atoms with van der Waals surface area (Å²) in [6, 6.07) is -1.97. The second-order valence-corrected chi connectivity index (χ2v) is 4.50. The number of hydrazone groups is 1. The smallest absolute Gasteiger partial charge is 0.242 e. The molecule has 0 aliphatic carbocycles. The molecular formula is C10H5Cl2F7N2. The van der Waals surface area contributed by atoms with E-state index in [2.05, 4.69) is 5.10 Å². The first-order valence-electron chi connectivity index (χ1n) is 4.96. The molecule has 2 nitrogen and oxygen atoms in total. The average molecular weight is 357 g/mol. The van der Waals surface area contributed by atoms with Crippen LogP contribution in [-0.4, -0.2) is 24.4 Å². The number of nitrogens with zero attached hydrogens (tertiary/aromatic N) is 1. The van der Waals surface area contributed by atoms with Crippen LogP contribution < -0.4 is 5.43 Å². The molecule has 0 heterocycles. The first kappa shape index (κ1) is 17.8. The maximum Gasteiger partial charge on any atom is 0.462 e. The summed E-state index contributed by atoms with van der Waals surface area (Å²) in [7, 11) is 0. The van der Waals surface area contributed by atoms with Gasteiger partial charge in [-0.1, -0.05) is 29.3 Å². The number of hydrogen-bond acceptors (Lipinski definition) is 2. The Bertz CT molecular complexity index is 543. The average Bonchev–Trinajstić information content (AvgIpc) is 2.32. The minimum atomic E-state index is -6.43. The third-order valence-corrected chi connectivity index (χ3v) is 2.85. The largest absolute Gasteiger partial charge is 0.462 e. The molecule has 0 fully saturated rings. The third kappa shape index (κ3) is 3.91. The summed E-state index contributed by atoms with van der Waals surface area (Å²) in [6.07, 6.45) is -5.84. The van der Waals surface area contributed by atoms with Crippen LogP contribution in [0.3, 0.4) is 0 Å². The molecule has 0 amide bonds. The van der Waals surface area contributed by atoms with Gasteiger partial charge in [0.15, 0.2) is 0 Å². The number of halogens is 9. The van der Waals surface area contributed by atoms with Crippen LogP contribution in [0.25, 0.3) is 0 Å². The molecule has 1 aromatic rings. The van der Waals surface area contributed by atoms with E-state index in [1.807, 2.05) is 0 Å². The lowest BCUT2D eigenvalue weighted by Crippen LogP contribution is -2.58. The molecule has 11 heteroatoms. The second-order valence-electron chi connectivity index (χ2n) is 3.69. The minimum Gasteiger partial charge on any atom is -0.242 e. The zero-order chi connectivity index (χ0) is 16.5. The molecule has 1 aromatic carbocycles. The number of alkyl halides is 7. The summed E-state index contributed by atoms with van der Waals surface area (Å²) >= 11 is 11.1. The molecule has 0 spiro atoms. The van der Waals surface area contributed by atoms with E-state index < -0.39 is 18.1 Å². The van der Waals surface area contributed by atoms with E-state index >= 15 is 0 Å². The van der Waals surface area contributed by atoms with E-state index in [0.29, 0.717) is 11.6 Å². The molecule has 0 bridgehead atoms. The first-order valence-corrected chi connectivity index (χ1v) is 5.72. The molecular weight excluding hydrogens is 352 g/mol. The Labute approximate surface area is 123 Å². The van der Waals surface area contributed by atoms with E-state index in [1.165, 1.54) is 12.1 Å². The highest BCUT2D eigenvalue weighted by Gasteiger charge is 2.73. The maximum absolute atomic E-state index is 12.8. The van der Waals surface area contributed by atoms with Gasteiger partial charge in [-0.2, -0.15) is 35.8 Å². The fourth-order valence-corrected chi connectivity index (χ4v) is 1.34. The van der Waals surface area contributed by atoms with Crippen molar-refractivity contribution >= 4 is 29.4 Å². The van der Waals surface area contributed by atoms with Crippen molar-refractivity contribution in [3.8, 4) is 0 Å². The van der Waals surface area contributed by atoms with E-state index in [4.69, 9.17) is 23.2 Å². The molecule has 0 saturated heterocycles. The van der Waals surface area contributed by atoms with Gasteiger partial charge in [0.1, 0.15) is 0 Å². The molecule has 0 radical (unpaired) electrons. The van der Waals surface area contributed by atoms with Crippen molar-refractivity contribution in [1.82, 2.24) is 5.43 Å². The van der Waals surface area contributed by atoms with Crippen molar-refractivity contribution in [2.24, 2.45) is 5.10 Å². The van der Waals surface area contributed by atoms with Crippen molar-refractivity contribution in [2.45, 2.75) is 18.1 Å². The second kappa shape index (κ2) is 5.88. The number of hydrogen-bond donors (Lipinski definition) is 1. The summed E-state index contributed by atoms with van der Waals surface area (Å²) in [6.45, 7) is 0. The molecule has 0 aliphatic heterocycles. The zero-order valence-corrected chi connectivity index (χ0v) is 11.2.